The van der Waals surface area contributed by atoms with Crippen LogP contribution in [0.5, 0.6) is 0 Å². The molecule has 3 atom stereocenters. The molecule has 0 radical (unpaired) electrons. The van der Waals surface area contributed by atoms with Crippen molar-refractivity contribution in [3.05, 3.63) is 34.9 Å². The summed E-state index contributed by atoms with van der Waals surface area (Å²) in [6.07, 6.45) is 2.92. The van der Waals surface area contributed by atoms with E-state index in [1.807, 2.05) is 18.2 Å². The van der Waals surface area contributed by atoms with E-state index in [9.17, 15) is 4.79 Å². The number of rotatable bonds is 6. The van der Waals surface area contributed by atoms with Crippen molar-refractivity contribution in [1.82, 2.24) is 5.32 Å². The highest BCUT2D eigenvalue weighted by Gasteiger charge is 2.52. The fourth-order valence-corrected chi connectivity index (χ4v) is 3.90. The summed E-state index contributed by atoms with van der Waals surface area (Å²) in [5.41, 5.74) is 11.3. The molecule has 1 aliphatic heterocycles. The van der Waals surface area contributed by atoms with E-state index in [-0.39, 0.29) is 11.7 Å². The van der Waals surface area contributed by atoms with Gasteiger partial charge in [-0.05, 0) is 38.2 Å². The third-order valence-electron chi connectivity index (χ3n) is 4.91. The smallest absolute Gasteiger partial charge is 0.205 e. The van der Waals surface area contributed by atoms with E-state index >= 15 is 0 Å². The number of carbonyl (C=O) groups excluding carboxylic acids is 1. The zero-order valence-corrected chi connectivity index (χ0v) is 15.3. The number of Topliss-reactive ketones (excluding diaryl/α,β-unsaturated/α-hetero) is 1. The summed E-state index contributed by atoms with van der Waals surface area (Å²) in [5, 5.41) is 10.4. The van der Waals surface area contributed by atoms with Gasteiger partial charge in [0.05, 0.1) is 6.04 Å². The highest BCUT2D eigenvalue weighted by molar-refractivity contribution is 6.32. The number of ketones is 1. The fraction of sp³-hybridized carbons (Fsp3) is 0.500. The number of guanidine groups is 1. The largest absolute Gasteiger partial charge is 0.468 e. The van der Waals surface area contributed by atoms with Gasteiger partial charge in [0, 0.05) is 17.1 Å². The van der Waals surface area contributed by atoms with Crippen LogP contribution < -0.4 is 16.8 Å². The molecule has 0 amide bonds. The molecule has 7 nitrogen and oxygen atoms in total. The molecular formula is C18H24ClN5O2. The Labute approximate surface area is 157 Å². The van der Waals surface area contributed by atoms with Gasteiger partial charge in [-0.3, -0.25) is 10.2 Å². The van der Waals surface area contributed by atoms with E-state index in [4.69, 9.17) is 38.2 Å². The van der Waals surface area contributed by atoms with Gasteiger partial charge in [-0.15, -0.1) is 0 Å². The second-order valence-electron chi connectivity index (χ2n) is 6.74. The van der Waals surface area contributed by atoms with Gasteiger partial charge >= 0.3 is 0 Å². The van der Waals surface area contributed by atoms with Crippen molar-refractivity contribution in [3.8, 4) is 0 Å². The highest BCUT2D eigenvalue weighted by atomic mass is 35.5. The Kier molecular flexibility index (Phi) is 5.48. The van der Waals surface area contributed by atoms with Crippen LogP contribution in [0.25, 0.3) is 0 Å². The molecule has 0 spiro atoms. The maximum atomic E-state index is 13.0. The second-order valence-corrected chi connectivity index (χ2v) is 7.15. The van der Waals surface area contributed by atoms with Crippen molar-refractivity contribution >= 4 is 29.2 Å². The normalized spacial score (nSPS) is 25.8. The van der Waals surface area contributed by atoms with Gasteiger partial charge in [-0.2, -0.15) is 0 Å². The van der Waals surface area contributed by atoms with Crippen molar-refractivity contribution in [2.45, 2.75) is 49.8 Å². The SMILES string of the molecule is N=C(N)NCCCC(N)C1=N[C@]2(c3ccccc3Cl)CCC[C@H](O1)C2=O. The number of nitrogens with zero attached hydrogens (tertiary/aromatic N) is 1. The minimum atomic E-state index is -0.996. The van der Waals surface area contributed by atoms with Gasteiger partial charge in [0.15, 0.2) is 17.6 Å². The quantitative estimate of drug-likeness (QED) is 0.341. The van der Waals surface area contributed by atoms with Gasteiger partial charge in [0.1, 0.15) is 0 Å². The van der Waals surface area contributed by atoms with Crippen LogP contribution >= 0.6 is 11.6 Å². The van der Waals surface area contributed by atoms with Crippen LogP contribution in [0.3, 0.4) is 0 Å². The monoisotopic (exact) mass is 377 g/mol. The number of hydrogen-bond acceptors (Lipinski definition) is 5. The van der Waals surface area contributed by atoms with Crippen LogP contribution in [0.15, 0.2) is 29.3 Å². The van der Waals surface area contributed by atoms with E-state index < -0.39 is 17.7 Å². The molecule has 26 heavy (non-hydrogen) atoms. The Morgan fingerprint density at radius 3 is 3.00 bits per heavy atom. The summed E-state index contributed by atoms with van der Waals surface area (Å²) in [6.45, 7) is 0.550. The van der Waals surface area contributed by atoms with E-state index in [1.165, 1.54) is 0 Å². The maximum Gasteiger partial charge on any atom is 0.205 e. The van der Waals surface area contributed by atoms with Gasteiger partial charge in [0.2, 0.25) is 11.7 Å². The van der Waals surface area contributed by atoms with Crippen LogP contribution in [0.2, 0.25) is 5.02 Å². The van der Waals surface area contributed by atoms with Crippen molar-refractivity contribution in [1.29, 1.82) is 5.41 Å². The van der Waals surface area contributed by atoms with Crippen LogP contribution in [-0.4, -0.2) is 36.3 Å². The summed E-state index contributed by atoms with van der Waals surface area (Å²) in [6, 6.07) is 6.92. The first kappa shape index (κ1) is 18.7. The molecule has 1 saturated carbocycles. The predicted octanol–water partition coefficient (Wildman–Crippen LogP) is 1.68. The molecule has 140 valence electrons. The zero-order valence-electron chi connectivity index (χ0n) is 14.5. The Morgan fingerprint density at radius 1 is 1.50 bits per heavy atom. The van der Waals surface area contributed by atoms with Gasteiger partial charge in [-0.1, -0.05) is 29.8 Å². The van der Waals surface area contributed by atoms with E-state index in [2.05, 4.69) is 5.32 Å². The molecule has 0 aromatic heterocycles. The second kappa shape index (κ2) is 7.63. The Bertz CT molecular complexity index is 738. The lowest BCUT2D eigenvalue weighted by Crippen LogP contribution is -2.54. The molecule has 3 rings (SSSR count). The topological polar surface area (TPSA) is 127 Å². The van der Waals surface area contributed by atoms with Crippen LogP contribution in [0, 0.1) is 5.41 Å². The lowest BCUT2D eigenvalue weighted by molar-refractivity contribution is -0.137. The Balaban J connectivity index is 1.85. The van der Waals surface area contributed by atoms with Crippen molar-refractivity contribution in [2.24, 2.45) is 16.5 Å². The standard InChI is InChI=1S/C18H24ClN5O2/c19-12-6-2-1-5-11(12)18-9-3-8-14(15(18)25)26-16(24-18)13(20)7-4-10-23-17(21)22/h1-2,5-6,13-14H,3-4,7-10,20H2,(H4,21,22,23)/t13?,14-,18-/m0/s1. The van der Waals surface area contributed by atoms with E-state index in [0.29, 0.717) is 43.1 Å². The predicted molar refractivity (Wildman–Crippen MR) is 101 cm³/mol. The fourth-order valence-electron chi connectivity index (χ4n) is 3.61. The molecule has 1 unspecified atom stereocenters. The summed E-state index contributed by atoms with van der Waals surface area (Å²) in [4.78, 5) is 17.7. The number of carbonyl (C=O) groups is 1. The molecule has 8 heteroatoms. The van der Waals surface area contributed by atoms with Gasteiger partial charge < -0.3 is 21.5 Å². The molecule has 2 bridgehead atoms. The summed E-state index contributed by atoms with van der Waals surface area (Å²) < 4.78 is 5.84. The molecule has 0 saturated heterocycles. The molecule has 1 heterocycles. The number of halogens is 1. The lowest BCUT2D eigenvalue weighted by Gasteiger charge is -2.42. The third-order valence-corrected chi connectivity index (χ3v) is 5.24. The van der Waals surface area contributed by atoms with Crippen molar-refractivity contribution < 1.29 is 9.53 Å². The number of aliphatic imine (C=N–C) groups is 1. The first-order valence-electron chi connectivity index (χ1n) is 8.83. The van der Waals surface area contributed by atoms with Crippen molar-refractivity contribution in [3.63, 3.8) is 0 Å². The first-order chi connectivity index (χ1) is 12.4. The molecule has 1 aliphatic carbocycles. The number of nitrogens with two attached hydrogens (primary N) is 2. The molecule has 1 aromatic rings. The maximum absolute atomic E-state index is 13.0. The summed E-state index contributed by atoms with van der Waals surface area (Å²) >= 11 is 6.39. The molecule has 1 fully saturated rings. The summed E-state index contributed by atoms with van der Waals surface area (Å²) in [7, 11) is 0. The third kappa shape index (κ3) is 3.54. The number of ether oxygens (including phenoxy) is 1. The molecular weight excluding hydrogens is 354 g/mol. The van der Waals surface area contributed by atoms with Gasteiger partial charge in [0.25, 0.3) is 0 Å². The average molecular weight is 378 g/mol. The highest BCUT2D eigenvalue weighted by Crippen LogP contribution is 2.44. The van der Waals surface area contributed by atoms with Crippen LogP contribution in [0.1, 0.15) is 37.7 Å². The average Bonchev–Trinajstić information content (AvgIpc) is 2.59. The van der Waals surface area contributed by atoms with Gasteiger partial charge in [-0.25, -0.2) is 4.99 Å². The number of fused-ring (bicyclic) bond motifs is 2. The van der Waals surface area contributed by atoms with Crippen LogP contribution in [0.4, 0.5) is 0 Å². The number of hydrogen-bond donors (Lipinski definition) is 4. The molecule has 6 N–H and O–H groups in total. The number of nitrogens with one attached hydrogen (secondary N) is 2. The van der Waals surface area contributed by atoms with E-state index in [1.54, 1.807) is 6.07 Å². The molecule has 2 aliphatic rings. The lowest BCUT2D eigenvalue weighted by atomic mass is 9.73. The summed E-state index contributed by atoms with van der Waals surface area (Å²) in [5.74, 6) is 0.311. The minimum Gasteiger partial charge on any atom is -0.468 e. The van der Waals surface area contributed by atoms with E-state index in [0.717, 1.165) is 12.0 Å². The first-order valence-corrected chi connectivity index (χ1v) is 9.21. The Hall–Kier alpha value is -2.12. The Morgan fingerprint density at radius 2 is 2.27 bits per heavy atom. The molecule has 1 aromatic carbocycles. The zero-order chi connectivity index (χ0) is 18.7. The van der Waals surface area contributed by atoms with Crippen molar-refractivity contribution in [2.75, 3.05) is 6.54 Å². The minimum absolute atomic E-state index is 0.0361. The van der Waals surface area contributed by atoms with Crippen LogP contribution in [-0.2, 0) is 15.1 Å². The number of benzene rings is 1.